The van der Waals surface area contributed by atoms with Crippen LogP contribution in [0.25, 0.3) is 0 Å². The molecule has 0 saturated heterocycles. The van der Waals surface area contributed by atoms with E-state index in [9.17, 15) is 9.59 Å². The lowest BCUT2D eigenvalue weighted by atomic mass is 10.3. The molecular weight excluding hydrogens is 368 g/mol. The summed E-state index contributed by atoms with van der Waals surface area (Å²) >= 11 is 4.82. The Hall–Kier alpha value is -1.86. The Morgan fingerprint density at radius 3 is 2.77 bits per heavy atom. The van der Waals surface area contributed by atoms with E-state index in [1.54, 1.807) is 19.1 Å². The van der Waals surface area contributed by atoms with Gasteiger partial charge in [-0.25, -0.2) is 0 Å². The maximum atomic E-state index is 11.9. The van der Waals surface area contributed by atoms with Crippen molar-refractivity contribution in [1.29, 1.82) is 0 Å². The van der Waals surface area contributed by atoms with Crippen LogP contribution in [0, 0.1) is 0 Å². The third kappa shape index (κ3) is 5.16. The van der Waals surface area contributed by atoms with Crippen LogP contribution < -0.4 is 15.6 Å². The molecule has 0 aliphatic heterocycles. The molecule has 1 aromatic carbocycles. The average molecular weight is 383 g/mol. The molecule has 2 rings (SSSR count). The van der Waals surface area contributed by atoms with Crippen molar-refractivity contribution in [2.75, 3.05) is 0 Å². The molecule has 1 heterocycles. The van der Waals surface area contributed by atoms with Gasteiger partial charge in [0, 0.05) is 9.35 Å². The first-order valence-electron chi connectivity index (χ1n) is 6.58. The predicted octanol–water partition coefficient (Wildman–Crippen LogP) is 2.67. The molecule has 0 radical (unpaired) electrons. The molecule has 116 valence electrons. The van der Waals surface area contributed by atoms with E-state index < -0.39 is 12.0 Å². The fraction of sp³-hybridized carbons (Fsp3) is 0.200. The lowest BCUT2D eigenvalue weighted by Gasteiger charge is -2.15. The Bertz CT molecular complexity index is 646. The molecule has 0 bridgehead atoms. The first kappa shape index (κ1) is 16.5. The van der Waals surface area contributed by atoms with Gasteiger partial charge in [-0.05, 0) is 36.6 Å². The number of nitrogens with one attached hydrogen (secondary N) is 2. The number of carbonyl (C=O) groups excluding carboxylic acids is 2. The minimum Gasteiger partial charge on any atom is -0.481 e. The van der Waals surface area contributed by atoms with Crippen molar-refractivity contribution in [2.45, 2.75) is 19.4 Å². The number of amides is 2. The minimum atomic E-state index is -0.726. The van der Waals surface area contributed by atoms with Gasteiger partial charge in [0.25, 0.3) is 5.91 Å². The van der Waals surface area contributed by atoms with E-state index in [1.807, 2.05) is 29.6 Å². The molecule has 0 saturated carbocycles. The molecule has 7 heteroatoms. The number of hydrogen-bond donors (Lipinski definition) is 2. The summed E-state index contributed by atoms with van der Waals surface area (Å²) in [5, 5.41) is 1.90. The molecule has 0 fully saturated rings. The highest BCUT2D eigenvalue weighted by molar-refractivity contribution is 9.10. The fourth-order valence-electron chi connectivity index (χ4n) is 1.65. The second-order valence-corrected chi connectivity index (χ2v) is 6.46. The standard InChI is InChI=1S/C15H15BrN2O3S/c1-10(21-12-5-2-4-11(16)8-12)15(20)18-17-14(19)9-13-6-3-7-22-13/h2-8,10H,9H2,1H3,(H,17,19)(H,18,20)/t10-/m1/s1. The number of rotatable bonds is 5. The van der Waals surface area contributed by atoms with Gasteiger partial charge in [-0.1, -0.05) is 28.1 Å². The first-order chi connectivity index (χ1) is 10.5. The quantitative estimate of drug-likeness (QED) is 0.781. The summed E-state index contributed by atoms with van der Waals surface area (Å²) in [5.41, 5.74) is 4.74. The van der Waals surface area contributed by atoms with Crippen molar-refractivity contribution >= 4 is 39.1 Å². The van der Waals surface area contributed by atoms with Crippen LogP contribution in [0.3, 0.4) is 0 Å². The monoisotopic (exact) mass is 382 g/mol. The Morgan fingerprint density at radius 1 is 1.27 bits per heavy atom. The fourth-order valence-corrected chi connectivity index (χ4v) is 2.73. The van der Waals surface area contributed by atoms with Crippen molar-refractivity contribution in [3.05, 3.63) is 51.1 Å². The Morgan fingerprint density at radius 2 is 2.09 bits per heavy atom. The van der Waals surface area contributed by atoms with Crippen molar-refractivity contribution in [1.82, 2.24) is 10.9 Å². The van der Waals surface area contributed by atoms with Gasteiger partial charge >= 0.3 is 0 Å². The largest absolute Gasteiger partial charge is 0.481 e. The zero-order valence-electron chi connectivity index (χ0n) is 11.8. The van der Waals surface area contributed by atoms with Gasteiger partial charge in [0.15, 0.2) is 6.10 Å². The molecule has 2 amide bonds. The molecule has 0 aliphatic rings. The van der Waals surface area contributed by atoms with Gasteiger partial charge in [-0.3, -0.25) is 20.4 Å². The summed E-state index contributed by atoms with van der Waals surface area (Å²) in [6, 6.07) is 10.9. The maximum absolute atomic E-state index is 11.9. The number of thiophene rings is 1. The van der Waals surface area contributed by atoms with Crippen LogP contribution in [-0.4, -0.2) is 17.9 Å². The summed E-state index contributed by atoms with van der Waals surface area (Å²) in [5.74, 6) is -0.119. The van der Waals surface area contributed by atoms with Gasteiger partial charge < -0.3 is 4.74 Å². The lowest BCUT2D eigenvalue weighted by Crippen LogP contribution is -2.47. The highest BCUT2D eigenvalue weighted by atomic mass is 79.9. The van der Waals surface area contributed by atoms with Crippen LogP contribution in [0.5, 0.6) is 5.75 Å². The van der Waals surface area contributed by atoms with Crippen molar-refractivity contribution in [3.8, 4) is 5.75 Å². The van der Waals surface area contributed by atoms with Crippen LogP contribution in [0.2, 0.25) is 0 Å². The predicted molar refractivity (Wildman–Crippen MR) is 88.5 cm³/mol. The molecule has 1 atom stereocenters. The number of halogens is 1. The summed E-state index contributed by atoms with van der Waals surface area (Å²) in [7, 11) is 0. The summed E-state index contributed by atoms with van der Waals surface area (Å²) in [6.45, 7) is 1.61. The van der Waals surface area contributed by atoms with Gasteiger partial charge in [0.05, 0.1) is 6.42 Å². The minimum absolute atomic E-state index is 0.235. The normalized spacial score (nSPS) is 11.5. The van der Waals surface area contributed by atoms with Gasteiger partial charge in [-0.2, -0.15) is 0 Å². The van der Waals surface area contributed by atoms with Gasteiger partial charge in [0.1, 0.15) is 5.75 Å². The molecule has 0 aliphatic carbocycles. The SMILES string of the molecule is C[C@@H](Oc1cccc(Br)c1)C(=O)NNC(=O)Cc1cccs1. The van der Waals surface area contributed by atoms with E-state index in [-0.39, 0.29) is 12.3 Å². The molecule has 22 heavy (non-hydrogen) atoms. The Kier molecular flexibility index (Phi) is 5.97. The van der Waals surface area contributed by atoms with Crippen LogP contribution >= 0.6 is 27.3 Å². The molecule has 2 aromatic rings. The molecule has 2 N–H and O–H groups in total. The Balaban J connectivity index is 1.77. The molecule has 0 spiro atoms. The molecule has 1 aromatic heterocycles. The smallest absolute Gasteiger partial charge is 0.279 e. The van der Waals surface area contributed by atoms with Crippen molar-refractivity contribution in [2.24, 2.45) is 0 Å². The second kappa shape index (κ2) is 7.95. The van der Waals surface area contributed by atoms with E-state index in [0.29, 0.717) is 5.75 Å². The second-order valence-electron chi connectivity index (χ2n) is 4.51. The molecule has 5 nitrogen and oxygen atoms in total. The van der Waals surface area contributed by atoms with E-state index in [0.717, 1.165) is 9.35 Å². The third-order valence-electron chi connectivity index (χ3n) is 2.72. The van der Waals surface area contributed by atoms with Crippen LogP contribution in [0.15, 0.2) is 46.3 Å². The summed E-state index contributed by atoms with van der Waals surface area (Å²) in [4.78, 5) is 24.5. The van der Waals surface area contributed by atoms with E-state index in [1.165, 1.54) is 11.3 Å². The highest BCUT2D eigenvalue weighted by Gasteiger charge is 2.15. The number of benzene rings is 1. The molecular formula is C15H15BrN2O3S. The number of ether oxygens (including phenoxy) is 1. The maximum Gasteiger partial charge on any atom is 0.279 e. The summed E-state index contributed by atoms with van der Waals surface area (Å²) in [6.07, 6.45) is -0.491. The van der Waals surface area contributed by atoms with Crippen molar-refractivity contribution < 1.29 is 14.3 Å². The van der Waals surface area contributed by atoms with E-state index in [4.69, 9.17) is 4.74 Å². The topological polar surface area (TPSA) is 67.4 Å². The van der Waals surface area contributed by atoms with Crippen LogP contribution in [0.4, 0.5) is 0 Å². The summed E-state index contributed by atoms with van der Waals surface area (Å²) < 4.78 is 6.37. The highest BCUT2D eigenvalue weighted by Crippen LogP contribution is 2.18. The van der Waals surface area contributed by atoms with E-state index >= 15 is 0 Å². The lowest BCUT2D eigenvalue weighted by molar-refractivity contribution is -0.132. The first-order valence-corrected chi connectivity index (χ1v) is 8.25. The Labute approximate surface area is 140 Å². The van der Waals surface area contributed by atoms with Gasteiger partial charge in [-0.15, -0.1) is 11.3 Å². The average Bonchev–Trinajstić information content (AvgIpc) is 2.97. The van der Waals surface area contributed by atoms with Crippen LogP contribution in [0.1, 0.15) is 11.8 Å². The zero-order valence-corrected chi connectivity index (χ0v) is 14.2. The number of carbonyl (C=O) groups is 2. The van der Waals surface area contributed by atoms with Crippen molar-refractivity contribution in [3.63, 3.8) is 0 Å². The molecule has 0 unspecified atom stereocenters. The van der Waals surface area contributed by atoms with Crippen LogP contribution in [-0.2, 0) is 16.0 Å². The zero-order chi connectivity index (χ0) is 15.9. The van der Waals surface area contributed by atoms with E-state index in [2.05, 4.69) is 26.8 Å². The van der Waals surface area contributed by atoms with Gasteiger partial charge in [0.2, 0.25) is 5.91 Å². The third-order valence-corrected chi connectivity index (χ3v) is 4.09. The number of hydrazine groups is 1. The number of hydrogen-bond acceptors (Lipinski definition) is 4.